The summed E-state index contributed by atoms with van der Waals surface area (Å²) in [5.74, 6) is 1.98. The van der Waals surface area contributed by atoms with Crippen molar-refractivity contribution in [1.29, 1.82) is 0 Å². The van der Waals surface area contributed by atoms with E-state index in [0.29, 0.717) is 39.6 Å². The number of phenolic OH excluding ortho intramolecular Hbond substituents is 1. The minimum Gasteiger partial charge on any atom is -0.508 e. The van der Waals surface area contributed by atoms with Crippen molar-refractivity contribution in [2.75, 3.05) is 52.0 Å². The fraction of sp³-hybridized carbons (Fsp3) is 0.739. The van der Waals surface area contributed by atoms with Gasteiger partial charge in [0.25, 0.3) is 0 Å². The summed E-state index contributed by atoms with van der Waals surface area (Å²) in [7, 11) is 0. The summed E-state index contributed by atoms with van der Waals surface area (Å²) >= 11 is 4.24. The van der Waals surface area contributed by atoms with Gasteiger partial charge in [-0.25, -0.2) is 0 Å². The maximum absolute atomic E-state index is 9.19. The highest BCUT2D eigenvalue weighted by Crippen LogP contribution is 2.15. The maximum Gasteiger partial charge on any atom is 0.119 e. The second-order valence-corrected chi connectivity index (χ2v) is 7.53. The molecule has 0 saturated carbocycles. The van der Waals surface area contributed by atoms with Crippen LogP contribution in [0.15, 0.2) is 24.3 Å². The maximum atomic E-state index is 9.19. The van der Waals surface area contributed by atoms with E-state index in [9.17, 15) is 5.11 Å². The Labute approximate surface area is 182 Å². The van der Waals surface area contributed by atoms with Crippen LogP contribution in [0.5, 0.6) is 11.5 Å². The number of thiol groups is 1. The Bertz CT molecular complexity index is 455. The van der Waals surface area contributed by atoms with Crippen molar-refractivity contribution in [1.82, 2.24) is 0 Å². The lowest BCUT2D eigenvalue weighted by Crippen LogP contribution is -2.12. The molecule has 0 aliphatic carbocycles. The predicted molar refractivity (Wildman–Crippen MR) is 121 cm³/mol. The van der Waals surface area contributed by atoms with Gasteiger partial charge in [-0.2, -0.15) is 12.6 Å². The topological polar surface area (TPSA) is 57.2 Å². The van der Waals surface area contributed by atoms with Gasteiger partial charge in [0.2, 0.25) is 0 Å². The summed E-state index contributed by atoms with van der Waals surface area (Å²) in [6.45, 7) is 4.19. The van der Waals surface area contributed by atoms with Crippen molar-refractivity contribution in [2.45, 2.75) is 57.8 Å². The molecule has 0 heterocycles. The summed E-state index contributed by atoms with van der Waals surface area (Å²) < 4.78 is 22.0. The molecule has 1 N–H and O–H groups in total. The van der Waals surface area contributed by atoms with Crippen molar-refractivity contribution in [2.24, 2.45) is 0 Å². The third-order valence-corrected chi connectivity index (χ3v) is 4.84. The molecule has 0 atom stereocenters. The van der Waals surface area contributed by atoms with Gasteiger partial charge in [-0.3, -0.25) is 0 Å². The van der Waals surface area contributed by atoms with E-state index in [-0.39, 0.29) is 5.75 Å². The highest BCUT2D eigenvalue weighted by Gasteiger charge is 1.96. The van der Waals surface area contributed by atoms with Crippen LogP contribution in [0.3, 0.4) is 0 Å². The molecule has 0 amide bonds. The smallest absolute Gasteiger partial charge is 0.119 e. The predicted octanol–water partition coefficient (Wildman–Crippen LogP) is 5.26. The Kier molecular flexibility index (Phi) is 18.3. The van der Waals surface area contributed by atoms with Gasteiger partial charge < -0.3 is 24.1 Å². The van der Waals surface area contributed by atoms with Crippen molar-refractivity contribution >= 4 is 12.6 Å². The number of hydrogen-bond donors (Lipinski definition) is 2. The molecule has 29 heavy (non-hydrogen) atoms. The molecule has 1 aromatic carbocycles. The number of phenols is 1. The monoisotopic (exact) mass is 428 g/mol. The number of unbranched alkanes of at least 4 members (excludes halogenated alkanes) is 8. The molecule has 0 bridgehead atoms. The minimum absolute atomic E-state index is 0.233. The lowest BCUT2D eigenvalue weighted by Gasteiger charge is -2.08. The standard InChI is InChI=1S/C23H40O5S/c24-22-10-12-23(13-11-22)28-20-19-27-18-17-26-16-15-25-14-8-6-4-2-1-3-5-7-9-21-29/h10-13,24,29H,1-9,14-21H2. The summed E-state index contributed by atoms with van der Waals surface area (Å²) in [6.07, 6.45) is 11.8. The third-order valence-electron chi connectivity index (χ3n) is 4.52. The van der Waals surface area contributed by atoms with E-state index in [1.165, 1.54) is 51.4 Å². The van der Waals surface area contributed by atoms with Gasteiger partial charge in [0.15, 0.2) is 0 Å². The molecular formula is C23H40O5S. The SMILES string of the molecule is Oc1ccc(OCCOCCOCCOCCCCCCCCCCCS)cc1. The van der Waals surface area contributed by atoms with Crippen LogP contribution in [0, 0.1) is 0 Å². The molecule has 0 aromatic heterocycles. The Morgan fingerprint density at radius 3 is 1.55 bits per heavy atom. The molecule has 0 aliphatic rings. The quantitative estimate of drug-likeness (QED) is 0.207. The molecule has 1 aromatic rings. The van der Waals surface area contributed by atoms with E-state index >= 15 is 0 Å². The molecule has 1 rings (SSSR count). The Hall–Kier alpha value is -0.950. The van der Waals surface area contributed by atoms with Gasteiger partial charge in [-0.1, -0.05) is 44.9 Å². The van der Waals surface area contributed by atoms with E-state index < -0.39 is 0 Å². The van der Waals surface area contributed by atoms with E-state index in [2.05, 4.69) is 12.6 Å². The molecule has 0 fully saturated rings. The number of rotatable bonds is 21. The van der Waals surface area contributed by atoms with E-state index in [4.69, 9.17) is 18.9 Å². The van der Waals surface area contributed by atoms with Gasteiger partial charge in [-0.15, -0.1) is 0 Å². The lowest BCUT2D eigenvalue weighted by atomic mass is 10.1. The van der Waals surface area contributed by atoms with Crippen molar-refractivity contribution in [3.05, 3.63) is 24.3 Å². The zero-order valence-corrected chi connectivity index (χ0v) is 18.8. The zero-order chi connectivity index (χ0) is 20.8. The Balaban J connectivity index is 1.69. The second-order valence-electron chi connectivity index (χ2n) is 7.09. The van der Waals surface area contributed by atoms with Crippen LogP contribution in [-0.2, 0) is 14.2 Å². The van der Waals surface area contributed by atoms with Gasteiger partial charge in [0.05, 0.1) is 33.0 Å². The average Bonchev–Trinajstić information content (AvgIpc) is 2.73. The Morgan fingerprint density at radius 1 is 0.552 bits per heavy atom. The normalized spacial score (nSPS) is 11.1. The van der Waals surface area contributed by atoms with Crippen LogP contribution >= 0.6 is 12.6 Å². The van der Waals surface area contributed by atoms with E-state index in [1.807, 2.05) is 0 Å². The highest BCUT2D eigenvalue weighted by molar-refractivity contribution is 7.80. The first-order valence-electron chi connectivity index (χ1n) is 11.1. The number of ether oxygens (including phenoxy) is 4. The first kappa shape index (κ1) is 26.1. The molecule has 0 aliphatic heterocycles. The zero-order valence-electron chi connectivity index (χ0n) is 17.9. The van der Waals surface area contributed by atoms with Crippen LogP contribution in [0.25, 0.3) is 0 Å². The van der Waals surface area contributed by atoms with Crippen molar-refractivity contribution in [3.63, 3.8) is 0 Å². The van der Waals surface area contributed by atoms with Crippen LogP contribution in [0.4, 0.5) is 0 Å². The molecule has 6 heteroatoms. The average molecular weight is 429 g/mol. The summed E-state index contributed by atoms with van der Waals surface area (Å²) in [6, 6.07) is 6.65. The van der Waals surface area contributed by atoms with Crippen LogP contribution in [0.2, 0.25) is 0 Å². The molecule has 5 nitrogen and oxygen atoms in total. The summed E-state index contributed by atoms with van der Waals surface area (Å²) in [5.41, 5.74) is 0. The lowest BCUT2D eigenvalue weighted by molar-refractivity contribution is 0.00878. The molecular weight excluding hydrogens is 388 g/mol. The van der Waals surface area contributed by atoms with Gasteiger partial charge >= 0.3 is 0 Å². The molecule has 0 saturated heterocycles. The van der Waals surface area contributed by atoms with Crippen LogP contribution in [0.1, 0.15) is 57.8 Å². The summed E-state index contributed by atoms with van der Waals surface area (Å²) in [4.78, 5) is 0. The second kappa shape index (κ2) is 20.3. The number of benzene rings is 1. The van der Waals surface area contributed by atoms with Crippen molar-refractivity contribution in [3.8, 4) is 11.5 Å². The van der Waals surface area contributed by atoms with Gasteiger partial charge in [0, 0.05) is 6.61 Å². The molecule has 0 unspecified atom stereocenters. The molecule has 168 valence electrons. The third kappa shape index (κ3) is 17.6. The fourth-order valence-corrected chi connectivity index (χ4v) is 3.08. The number of hydrogen-bond acceptors (Lipinski definition) is 6. The molecule has 0 radical (unpaired) electrons. The van der Waals surface area contributed by atoms with Gasteiger partial charge in [-0.05, 0) is 42.9 Å². The van der Waals surface area contributed by atoms with E-state index in [1.54, 1.807) is 24.3 Å². The Morgan fingerprint density at radius 2 is 1.00 bits per heavy atom. The molecule has 0 spiro atoms. The minimum atomic E-state index is 0.233. The first-order chi connectivity index (χ1) is 14.3. The van der Waals surface area contributed by atoms with E-state index in [0.717, 1.165) is 24.5 Å². The highest BCUT2D eigenvalue weighted by atomic mass is 32.1. The summed E-state index contributed by atoms with van der Waals surface area (Å²) in [5, 5.41) is 9.19. The first-order valence-corrected chi connectivity index (χ1v) is 11.7. The van der Waals surface area contributed by atoms with Gasteiger partial charge in [0.1, 0.15) is 18.1 Å². The fourth-order valence-electron chi connectivity index (χ4n) is 2.86. The van der Waals surface area contributed by atoms with Crippen LogP contribution < -0.4 is 4.74 Å². The van der Waals surface area contributed by atoms with Crippen molar-refractivity contribution < 1.29 is 24.1 Å². The van der Waals surface area contributed by atoms with Crippen LogP contribution in [-0.4, -0.2) is 57.1 Å². The number of aromatic hydroxyl groups is 1. The largest absolute Gasteiger partial charge is 0.508 e.